The Balaban J connectivity index is 2.43. The molecule has 19 heavy (non-hydrogen) atoms. The predicted octanol–water partition coefficient (Wildman–Crippen LogP) is 0.368. The lowest BCUT2D eigenvalue weighted by Crippen LogP contribution is -2.12. The maximum Gasteiger partial charge on any atom is 0.270 e. The smallest absolute Gasteiger partial charge is 0.270 e. The van der Waals surface area contributed by atoms with Gasteiger partial charge in [-0.1, -0.05) is 0 Å². The van der Waals surface area contributed by atoms with E-state index in [1.807, 2.05) is 0 Å². The molecule has 0 aliphatic heterocycles. The second kappa shape index (κ2) is 5.02. The number of hydrogen-bond acceptors (Lipinski definition) is 7. The first-order valence-electron chi connectivity index (χ1n) is 4.97. The topological polar surface area (TPSA) is 130 Å². The molecule has 0 saturated heterocycles. The van der Waals surface area contributed by atoms with Crippen molar-refractivity contribution in [3.63, 3.8) is 0 Å². The first-order valence-corrected chi connectivity index (χ1v) is 5.79. The van der Waals surface area contributed by atoms with Gasteiger partial charge in [-0.3, -0.25) is 14.9 Å². The number of rotatable bonds is 4. The third kappa shape index (κ3) is 2.68. The third-order valence-electron chi connectivity index (χ3n) is 2.22. The van der Waals surface area contributed by atoms with Crippen LogP contribution >= 0.6 is 11.8 Å². The maximum absolute atomic E-state index is 11.3. The number of aryl methyl sites for hydroxylation is 1. The molecule has 0 radical (unpaired) electrons. The molecule has 0 unspecified atom stereocenters. The first-order chi connectivity index (χ1) is 8.99. The lowest BCUT2D eigenvalue weighted by atomic mass is 10.2. The monoisotopic (exact) mass is 280 g/mol. The van der Waals surface area contributed by atoms with Gasteiger partial charge in [-0.05, 0) is 28.3 Å². The summed E-state index contributed by atoms with van der Waals surface area (Å²) >= 11 is 1.10. The number of nitro benzene ring substituents is 1. The Morgan fingerprint density at radius 1 is 1.53 bits per heavy atom. The van der Waals surface area contributed by atoms with E-state index in [2.05, 4.69) is 15.5 Å². The molecule has 0 atom stereocenters. The molecule has 98 valence electrons. The van der Waals surface area contributed by atoms with Crippen LogP contribution in [0.25, 0.3) is 0 Å². The molecular formula is C9H8N6O3S. The van der Waals surface area contributed by atoms with Crippen molar-refractivity contribution in [2.45, 2.75) is 10.1 Å². The average Bonchev–Trinajstić information content (AvgIpc) is 2.75. The number of nitrogens with zero attached hydrogens (tertiary/aromatic N) is 5. The van der Waals surface area contributed by atoms with E-state index >= 15 is 0 Å². The summed E-state index contributed by atoms with van der Waals surface area (Å²) in [7, 11) is 1.64. The van der Waals surface area contributed by atoms with Crippen LogP contribution in [0.2, 0.25) is 0 Å². The Labute approximate surface area is 110 Å². The molecule has 0 fully saturated rings. The fourth-order valence-corrected chi connectivity index (χ4v) is 2.17. The fraction of sp³-hybridized carbons (Fsp3) is 0.111. The molecule has 0 bridgehead atoms. The highest BCUT2D eigenvalue weighted by Gasteiger charge is 2.17. The van der Waals surface area contributed by atoms with Crippen LogP contribution in [-0.2, 0) is 7.05 Å². The molecule has 1 aromatic carbocycles. The van der Waals surface area contributed by atoms with Crippen molar-refractivity contribution in [3.05, 3.63) is 33.9 Å². The normalized spacial score (nSPS) is 10.4. The lowest BCUT2D eigenvalue weighted by molar-refractivity contribution is -0.384. The van der Waals surface area contributed by atoms with Gasteiger partial charge in [-0.15, -0.1) is 5.10 Å². The zero-order valence-corrected chi connectivity index (χ0v) is 10.5. The molecule has 2 N–H and O–H groups in total. The van der Waals surface area contributed by atoms with Crippen LogP contribution in [0.4, 0.5) is 5.69 Å². The Hall–Kier alpha value is -2.49. The summed E-state index contributed by atoms with van der Waals surface area (Å²) in [5.41, 5.74) is 5.08. The first kappa shape index (κ1) is 13.0. The van der Waals surface area contributed by atoms with Crippen molar-refractivity contribution in [1.29, 1.82) is 0 Å². The fourth-order valence-electron chi connectivity index (χ4n) is 1.32. The molecule has 1 aromatic heterocycles. The van der Waals surface area contributed by atoms with Gasteiger partial charge in [0.2, 0.25) is 11.1 Å². The number of primary amides is 1. The van der Waals surface area contributed by atoms with Gasteiger partial charge in [0.25, 0.3) is 5.69 Å². The summed E-state index contributed by atoms with van der Waals surface area (Å²) in [5, 5.41) is 22.0. The predicted molar refractivity (Wildman–Crippen MR) is 64.5 cm³/mol. The van der Waals surface area contributed by atoms with Gasteiger partial charge in [0.1, 0.15) is 0 Å². The number of non-ortho nitro benzene ring substituents is 1. The van der Waals surface area contributed by atoms with E-state index in [0.29, 0.717) is 10.1 Å². The van der Waals surface area contributed by atoms with E-state index in [1.54, 1.807) is 7.05 Å². The largest absolute Gasteiger partial charge is 0.366 e. The highest BCUT2D eigenvalue weighted by molar-refractivity contribution is 7.99. The number of nitro groups is 1. The Morgan fingerprint density at radius 3 is 2.79 bits per heavy atom. The highest BCUT2D eigenvalue weighted by Crippen LogP contribution is 2.30. The van der Waals surface area contributed by atoms with E-state index < -0.39 is 10.8 Å². The summed E-state index contributed by atoms with van der Waals surface area (Å²) < 4.78 is 1.41. The summed E-state index contributed by atoms with van der Waals surface area (Å²) in [6.07, 6.45) is 0. The lowest BCUT2D eigenvalue weighted by Gasteiger charge is -2.04. The Morgan fingerprint density at radius 2 is 2.26 bits per heavy atom. The highest BCUT2D eigenvalue weighted by atomic mass is 32.2. The number of aromatic nitrogens is 4. The summed E-state index contributed by atoms with van der Waals surface area (Å²) in [5.74, 6) is -0.749. The standard InChI is InChI=1S/C9H8N6O3S/c1-14-9(11-12-13-14)19-7-3-2-5(15(17)18)4-6(7)8(10)16/h2-4H,1H3,(H2,10,16). The van der Waals surface area contributed by atoms with Gasteiger partial charge in [-0.25, -0.2) is 4.68 Å². The van der Waals surface area contributed by atoms with Gasteiger partial charge in [0.15, 0.2) is 0 Å². The van der Waals surface area contributed by atoms with Crippen LogP contribution in [0.1, 0.15) is 10.4 Å². The van der Waals surface area contributed by atoms with Gasteiger partial charge in [-0.2, -0.15) is 0 Å². The number of carbonyl (C=O) groups is 1. The van der Waals surface area contributed by atoms with Crippen molar-refractivity contribution < 1.29 is 9.72 Å². The van der Waals surface area contributed by atoms with Crippen LogP contribution in [0, 0.1) is 10.1 Å². The summed E-state index contributed by atoms with van der Waals surface area (Å²) in [4.78, 5) is 21.9. The number of tetrazole rings is 1. The second-order valence-corrected chi connectivity index (χ2v) is 4.50. The van der Waals surface area contributed by atoms with Crippen LogP contribution in [0.3, 0.4) is 0 Å². The van der Waals surface area contributed by atoms with E-state index in [0.717, 1.165) is 17.8 Å². The number of amides is 1. The molecule has 1 heterocycles. The molecule has 9 nitrogen and oxygen atoms in total. The minimum atomic E-state index is -0.749. The van der Waals surface area contributed by atoms with Crippen molar-refractivity contribution >= 4 is 23.4 Å². The quantitative estimate of drug-likeness (QED) is 0.632. The van der Waals surface area contributed by atoms with Crippen LogP contribution in [0.15, 0.2) is 28.3 Å². The second-order valence-electron chi connectivity index (χ2n) is 3.49. The van der Waals surface area contributed by atoms with E-state index in [1.165, 1.54) is 16.8 Å². The molecule has 0 aliphatic rings. The number of hydrogen-bond donors (Lipinski definition) is 1. The van der Waals surface area contributed by atoms with Crippen LogP contribution < -0.4 is 5.73 Å². The zero-order chi connectivity index (χ0) is 14.0. The van der Waals surface area contributed by atoms with E-state index in [9.17, 15) is 14.9 Å². The van der Waals surface area contributed by atoms with Crippen LogP contribution in [0.5, 0.6) is 0 Å². The number of carbonyl (C=O) groups excluding carboxylic acids is 1. The van der Waals surface area contributed by atoms with Gasteiger partial charge in [0, 0.05) is 24.1 Å². The average molecular weight is 280 g/mol. The van der Waals surface area contributed by atoms with Crippen molar-refractivity contribution in [3.8, 4) is 0 Å². The van der Waals surface area contributed by atoms with Crippen molar-refractivity contribution in [1.82, 2.24) is 20.2 Å². The van der Waals surface area contributed by atoms with Gasteiger partial charge >= 0.3 is 0 Å². The molecule has 0 aliphatic carbocycles. The Kier molecular flexibility index (Phi) is 3.42. The molecule has 2 aromatic rings. The van der Waals surface area contributed by atoms with E-state index in [-0.39, 0.29) is 11.3 Å². The van der Waals surface area contributed by atoms with Crippen LogP contribution in [-0.4, -0.2) is 31.0 Å². The minimum absolute atomic E-state index is 0.0576. The molecule has 10 heteroatoms. The van der Waals surface area contributed by atoms with Crippen molar-refractivity contribution in [2.75, 3.05) is 0 Å². The zero-order valence-electron chi connectivity index (χ0n) is 9.68. The number of benzene rings is 1. The SMILES string of the molecule is Cn1nnnc1Sc1ccc([N+](=O)[O-])cc1C(N)=O. The van der Waals surface area contributed by atoms with E-state index in [4.69, 9.17) is 5.73 Å². The summed E-state index contributed by atoms with van der Waals surface area (Å²) in [6, 6.07) is 3.87. The van der Waals surface area contributed by atoms with Gasteiger partial charge < -0.3 is 5.73 Å². The molecule has 0 spiro atoms. The molecule has 1 amide bonds. The molecular weight excluding hydrogens is 272 g/mol. The summed E-state index contributed by atoms with van der Waals surface area (Å²) in [6.45, 7) is 0. The van der Waals surface area contributed by atoms with Crippen molar-refractivity contribution in [2.24, 2.45) is 12.8 Å². The number of nitrogens with two attached hydrogens (primary N) is 1. The molecule has 2 rings (SSSR count). The minimum Gasteiger partial charge on any atom is -0.366 e. The Bertz CT molecular complexity index is 655. The molecule has 0 saturated carbocycles. The van der Waals surface area contributed by atoms with Gasteiger partial charge in [0.05, 0.1) is 10.5 Å². The maximum atomic E-state index is 11.3. The third-order valence-corrected chi connectivity index (χ3v) is 3.33.